The van der Waals surface area contributed by atoms with Crippen LogP contribution in [0.15, 0.2) is 6.07 Å². The van der Waals surface area contributed by atoms with E-state index in [1.54, 1.807) is 7.11 Å². The minimum absolute atomic E-state index is 0.0648. The topological polar surface area (TPSA) is 87.5 Å². The standard InChI is InChI=1S/C18H22N2O4S/c1-10(2)15-14(24-4)7-11(3)16-17(15)13(8-19)20(18(16)21)12-5-6-25(22,23)9-12/h7,10,12-13H,5-6,9H2,1-4H3. The lowest BCUT2D eigenvalue weighted by Gasteiger charge is -2.27. The molecule has 0 bridgehead atoms. The average molecular weight is 362 g/mol. The summed E-state index contributed by atoms with van der Waals surface area (Å²) < 4.78 is 29.2. The average Bonchev–Trinajstić information content (AvgIpc) is 3.03. The summed E-state index contributed by atoms with van der Waals surface area (Å²) in [5, 5.41) is 9.82. The third kappa shape index (κ3) is 2.69. The summed E-state index contributed by atoms with van der Waals surface area (Å²) in [5.74, 6) is 0.485. The Bertz CT molecular complexity index is 883. The molecular weight excluding hydrogens is 340 g/mol. The third-order valence-corrected chi connectivity index (χ3v) is 6.84. The molecule has 7 heteroatoms. The van der Waals surface area contributed by atoms with Crippen LogP contribution in [-0.4, -0.2) is 43.9 Å². The fourth-order valence-electron chi connectivity index (χ4n) is 4.04. The SMILES string of the molecule is COc1cc(C)c2c(c1C(C)C)C(C#N)N(C1CCS(=O)(=O)C1)C2=O. The number of sulfone groups is 1. The van der Waals surface area contributed by atoms with Crippen molar-refractivity contribution in [1.82, 2.24) is 4.90 Å². The lowest BCUT2D eigenvalue weighted by Crippen LogP contribution is -2.38. The van der Waals surface area contributed by atoms with Gasteiger partial charge in [0.15, 0.2) is 9.84 Å². The number of aryl methyl sites for hydroxylation is 1. The zero-order valence-electron chi connectivity index (χ0n) is 14.9. The van der Waals surface area contributed by atoms with E-state index in [2.05, 4.69) is 6.07 Å². The summed E-state index contributed by atoms with van der Waals surface area (Å²) in [6.45, 7) is 5.82. The second-order valence-electron chi connectivity index (χ2n) is 7.05. The first kappa shape index (κ1) is 17.7. The molecule has 1 fully saturated rings. The number of amides is 1. The number of hydrogen-bond donors (Lipinski definition) is 0. The smallest absolute Gasteiger partial charge is 0.256 e. The Balaban J connectivity index is 2.20. The van der Waals surface area contributed by atoms with Gasteiger partial charge >= 0.3 is 0 Å². The predicted octanol–water partition coefficient (Wildman–Crippen LogP) is 2.33. The Morgan fingerprint density at radius 2 is 2.08 bits per heavy atom. The predicted molar refractivity (Wildman–Crippen MR) is 93.4 cm³/mol. The van der Waals surface area contributed by atoms with Crippen LogP contribution < -0.4 is 4.74 Å². The van der Waals surface area contributed by atoms with E-state index in [0.29, 0.717) is 23.3 Å². The van der Waals surface area contributed by atoms with Crippen LogP contribution >= 0.6 is 0 Å². The molecular formula is C18H22N2O4S. The number of methoxy groups -OCH3 is 1. The number of ether oxygens (including phenoxy) is 1. The molecule has 1 aromatic rings. The number of benzene rings is 1. The van der Waals surface area contributed by atoms with E-state index in [9.17, 15) is 18.5 Å². The van der Waals surface area contributed by atoms with Gasteiger partial charge in [-0.05, 0) is 30.9 Å². The molecule has 2 aliphatic rings. The number of carbonyl (C=O) groups excluding carboxylic acids is 1. The summed E-state index contributed by atoms with van der Waals surface area (Å²) in [6.07, 6.45) is 0.382. The molecule has 0 saturated carbocycles. The van der Waals surface area contributed by atoms with E-state index < -0.39 is 21.9 Å². The Hall–Kier alpha value is -2.07. The number of nitriles is 1. The van der Waals surface area contributed by atoms with Crippen LogP contribution in [0, 0.1) is 18.3 Å². The number of carbonyl (C=O) groups is 1. The third-order valence-electron chi connectivity index (χ3n) is 5.09. The summed E-state index contributed by atoms with van der Waals surface area (Å²) in [4.78, 5) is 14.6. The molecule has 0 radical (unpaired) electrons. The van der Waals surface area contributed by atoms with E-state index in [0.717, 1.165) is 11.1 Å². The van der Waals surface area contributed by atoms with Crippen LogP contribution in [0.3, 0.4) is 0 Å². The van der Waals surface area contributed by atoms with Crippen LogP contribution in [-0.2, 0) is 9.84 Å². The van der Waals surface area contributed by atoms with Crippen LogP contribution in [0.25, 0.3) is 0 Å². The number of nitrogens with zero attached hydrogens (tertiary/aromatic N) is 2. The van der Waals surface area contributed by atoms with Crippen LogP contribution in [0.4, 0.5) is 0 Å². The number of rotatable bonds is 3. The lowest BCUT2D eigenvalue weighted by molar-refractivity contribution is 0.0693. The normalized spacial score (nSPS) is 24.5. The zero-order valence-corrected chi connectivity index (χ0v) is 15.7. The monoisotopic (exact) mass is 362 g/mol. The van der Waals surface area contributed by atoms with Gasteiger partial charge in [0.25, 0.3) is 5.91 Å². The lowest BCUT2D eigenvalue weighted by atomic mass is 9.88. The molecule has 0 N–H and O–H groups in total. The van der Waals surface area contributed by atoms with E-state index in [4.69, 9.17) is 4.74 Å². The van der Waals surface area contributed by atoms with Gasteiger partial charge in [-0.2, -0.15) is 5.26 Å². The number of fused-ring (bicyclic) bond motifs is 1. The van der Waals surface area contributed by atoms with E-state index in [-0.39, 0.29) is 23.3 Å². The molecule has 1 saturated heterocycles. The Kier molecular flexibility index (Phi) is 4.28. The Labute approximate surface area is 148 Å². The molecule has 1 aromatic carbocycles. The second kappa shape index (κ2) is 6.03. The highest BCUT2D eigenvalue weighted by molar-refractivity contribution is 7.91. The van der Waals surface area contributed by atoms with Gasteiger partial charge in [0, 0.05) is 22.7 Å². The van der Waals surface area contributed by atoms with E-state index >= 15 is 0 Å². The van der Waals surface area contributed by atoms with Gasteiger partial charge in [0.1, 0.15) is 11.8 Å². The Morgan fingerprint density at radius 3 is 2.56 bits per heavy atom. The zero-order chi connectivity index (χ0) is 18.5. The van der Waals surface area contributed by atoms with Gasteiger partial charge < -0.3 is 9.64 Å². The van der Waals surface area contributed by atoms with Crippen molar-refractivity contribution < 1.29 is 17.9 Å². The summed E-state index contributed by atoms with van der Waals surface area (Å²) >= 11 is 0. The quantitative estimate of drug-likeness (QED) is 0.823. The molecule has 3 rings (SSSR count). The highest BCUT2D eigenvalue weighted by Crippen LogP contribution is 2.46. The highest BCUT2D eigenvalue weighted by atomic mass is 32.2. The minimum atomic E-state index is -3.15. The highest BCUT2D eigenvalue weighted by Gasteiger charge is 2.47. The van der Waals surface area contributed by atoms with Gasteiger partial charge in [-0.25, -0.2) is 8.42 Å². The van der Waals surface area contributed by atoms with E-state index in [1.165, 1.54) is 4.90 Å². The van der Waals surface area contributed by atoms with E-state index in [1.807, 2.05) is 26.8 Å². The molecule has 1 amide bonds. The summed E-state index contributed by atoms with van der Waals surface area (Å²) in [6, 6.07) is 2.85. The van der Waals surface area contributed by atoms with Crippen molar-refractivity contribution in [3.63, 3.8) is 0 Å². The Morgan fingerprint density at radius 1 is 1.40 bits per heavy atom. The van der Waals surface area contributed by atoms with Crippen molar-refractivity contribution in [3.05, 3.63) is 28.3 Å². The van der Waals surface area contributed by atoms with Crippen molar-refractivity contribution in [2.24, 2.45) is 0 Å². The molecule has 2 heterocycles. The van der Waals surface area contributed by atoms with Gasteiger partial charge in [0.2, 0.25) is 0 Å². The van der Waals surface area contributed by atoms with Crippen LogP contribution in [0.1, 0.15) is 59.3 Å². The molecule has 25 heavy (non-hydrogen) atoms. The molecule has 0 aliphatic carbocycles. The largest absolute Gasteiger partial charge is 0.496 e. The first-order valence-corrected chi connectivity index (χ1v) is 10.2. The maximum Gasteiger partial charge on any atom is 0.256 e. The van der Waals surface area contributed by atoms with Crippen LogP contribution in [0.2, 0.25) is 0 Å². The molecule has 6 nitrogen and oxygen atoms in total. The fourth-order valence-corrected chi connectivity index (χ4v) is 5.75. The fraction of sp³-hybridized carbons (Fsp3) is 0.556. The molecule has 2 unspecified atom stereocenters. The summed E-state index contributed by atoms with van der Waals surface area (Å²) in [7, 11) is -1.58. The van der Waals surface area contributed by atoms with Crippen molar-refractivity contribution in [3.8, 4) is 11.8 Å². The van der Waals surface area contributed by atoms with Crippen molar-refractivity contribution >= 4 is 15.7 Å². The minimum Gasteiger partial charge on any atom is -0.496 e. The second-order valence-corrected chi connectivity index (χ2v) is 9.28. The van der Waals surface area contributed by atoms with Gasteiger partial charge in [0.05, 0.1) is 24.7 Å². The summed E-state index contributed by atoms with van der Waals surface area (Å²) in [5.41, 5.74) is 2.82. The van der Waals surface area contributed by atoms with Gasteiger partial charge in [-0.1, -0.05) is 13.8 Å². The van der Waals surface area contributed by atoms with Crippen molar-refractivity contribution in [1.29, 1.82) is 5.26 Å². The van der Waals surface area contributed by atoms with Gasteiger partial charge in [-0.15, -0.1) is 0 Å². The molecule has 2 atom stereocenters. The van der Waals surface area contributed by atoms with Crippen molar-refractivity contribution in [2.75, 3.05) is 18.6 Å². The maximum absolute atomic E-state index is 13.1. The molecule has 2 aliphatic heterocycles. The first-order valence-electron chi connectivity index (χ1n) is 8.36. The first-order chi connectivity index (χ1) is 11.7. The van der Waals surface area contributed by atoms with Gasteiger partial charge in [-0.3, -0.25) is 4.79 Å². The van der Waals surface area contributed by atoms with Crippen molar-refractivity contribution in [2.45, 2.75) is 45.2 Å². The molecule has 0 spiro atoms. The molecule has 134 valence electrons. The maximum atomic E-state index is 13.1. The molecule has 0 aromatic heterocycles. The van der Waals surface area contributed by atoms with Crippen LogP contribution in [0.5, 0.6) is 5.75 Å². The number of hydrogen-bond acceptors (Lipinski definition) is 5.